The fraction of sp³-hybridized carbons (Fsp3) is 0. The highest BCUT2D eigenvalue weighted by Gasteiger charge is 2.10. The molecule has 0 fully saturated rings. The summed E-state index contributed by atoms with van der Waals surface area (Å²) in [6, 6.07) is 5.44. The maximum Gasteiger partial charge on any atom is 0.225 e. The molecule has 2 aromatic rings. The van der Waals surface area contributed by atoms with Gasteiger partial charge in [-0.25, -0.2) is 0 Å². The van der Waals surface area contributed by atoms with Gasteiger partial charge in [-0.1, -0.05) is 15.9 Å². The molecule has 2 rings (SSSR count). The summed E-state index contributed by atoms with van der Waals surface area (Å²) in [5.41, 5.74) is 14.9. The van der Waals surface area contributed by atoms with Gasteiger partial charge in [0.1, 0.15) is 0 Å². The molecule has 0 saturated carbocycles. The minimum Gasteiger partial charge on any atom is -0.368 e. The number of nitrogen functional groups attached to an aromatic ring is 3. The van der Waals surface area contributed by atoms with Crippen molar-refractivity contribution in [2.75, 3.05) is 16.9 Å². The summed E-state index contributed by atoms with van der Waals surface area (Å²) in [6.07, 6.45) is 0. The lowest BCUT2D eigenvalue weighted by Gasteiger charge is -2.08. The lowest BCUT2D eigenvalue weighted by molar-refractivity contribution is 1.08. The van der Waals surface area contributed by atoms with Gasteiger partial charge < -0.3 is 16.9 Å². The van der Waals surface area contributed by atoms with Crippen molar-refractivity contribution in [2.45, 2.75) is 0 Å². The Kier molecular flexibility index (Phi) is 3.07. The predicted octanol–water partition coefficient (Wildman–Crippen LogP) is 0.751. The molecule has 8 heteroatoms. The maximum atomic E-state index is 5.52. The fourth-order valence-electron chi connectivity index (χ4n) is 1.36. The molecule has 0 saturated heterocycles. The van der Waals surface area contributed by atoms with Gasteiger partial charge >= 0.3 is 0 Å². The van der Waals surface area contributed by atoms with Crippen molar-refractivity contribution < 1.29 is 0 Å². The standard InChI is InChI=1S/C9H10BrN7/c10-4-1-2-6(17-13)5(3-4)7-14-8(11)16-9(12)15-7/h1-3,17H,13H2,(H4,11,12,14,15,16). The lowest BCUT2D eigenvalue weighted by Crippen LogP contribution is -2.10. The first kappa shape index (κ1) is 11.6. The highest BCUT2D eigenvalue weighted by Crippen LogP contribution is 2.28. The molecule has 0 radical (unpaired) electrons. The molecule has 0 unspecified atom stereocenters. The van der Waals surface area contributed by atoms with Gasteiger partial charge in [-0.3, -0.25) is 5.84 Å². The third kappa shape index (κ3) is 2.43. The average molecular weight is 296 g/mol. The topological polar surface area (TPSA) is 129 Å². The predicted molar refractivity (Wildman–Crippen MR) is 69.6 cm³/mol. The van der Waals surface area contributed by atoms with E-state index in [4.69, 9.17) is 17.3 Å². The fourth-order valence-corrected chi connectivity index (χ4v) is 1.72. The van der Waals surface area contributed by atoms with Crippen molar-refractivity contribution >= 4 is 33.5 Å². The summed E-state index contributed by atoms with van der Waals surface area (Å²) >= 11 is 3.36. The Hall–Kier alpha value is -1.93. The largest absolute Gasteiger partial charge is 0.368 e. The van der Waals surface area contributed by atoms with Crippen LogP contribution in [0.15, 0.2) is 22.7 Å². The molecule has 0 amide bonds. The molecule has 88 valence electrons. The van der Waals surface area contributed by atoms with E-state index in [2.05, 4.69) is 36.3 Å². The number of nitrogens with zero attached hydrogens (tertiary/aromatic N) is 3. The van der Waals surface area contributed by atoms with E-state index in [0.29, 0.717) is 17.1 Å². The van der Waals surface area contributed by atoms with Gasteiger partial charge in [-0.05, 0) is 18.2 Å². The molecule has 1 aromatic carbocycles. The van der Waals surface area contributed by atoms with Crippen LogP contribution in [0.2, 0.25) is 0 Å². The SMILES string of the molecule is NNc1ccc(Br)cc1-c1nc(N)nc(N)n1. The monoisotopic (exact) mass is 295 g/mol. The molecular formula is C9H10BrN7. The van der Waals surface area contributed by atoms with Crippen LogP contribution in [-0.4, -0.2) is 15.0 Å². The van der Waals surface area contributed by atoms with E-state index in [-0.39, 0.29) is 11.9 Å². The number of hydrogen-bond acceptors (Lipinski definition) is 7. The molecule has 0 aliphatic rings. The molecule has 17 heavy (non-hydrogen) atoms. The number of nitrogens with one attached hydrogen (secondary N) is 1. The molecular weight excluding hydrogens is 286 g/mol. The van der Waals surface area contributed by atoms with Crippen molar-refractivity contribution in [3.8, 4) is 11.4 Å². The number of aromatic nitrogens is 3. The summed E-state index contributed by atoms with van der Waals surface area (Å²) in [6.45, 7) is 0. The molecule has 7 N–H and O–H groups in total. The Morgan fingerprint density at radius 2 is 1.71 bits per heavy atom. The second kappa shape index (κ2) is 4.52. The quantitative estimate of drug-likeness (QED) is 0.475. The van der Waals surface area contributed by atoms with Gasteiger partial charge in [0.15, 0.2) is 5.82 Å². The summed E-state index contributed by atoms with van der Waals surface area (Å²) in [7, 11) is 0. The van der Waals surface area contributed by atoms with Crippen LogP contribution in [0, 0.1) is 0 Å². The van der Waals surface area contributed by atoms with Crippen molar-refractivity contribution in [3.05, 3.63) is 22.7 Å². The van der Waals surface area contributed by atoms with Crippen LogP contribution in [0.4, 0.5) is 17.6 Å². The van der Waals surface area contributed by atoms with Crippen LogP contribution in [0.25, 0.3) is 11.4 Å². The lowest BCUT2D eigenvalue weighted by atomic mass is 10.1. The smallest absolute Gasteiger partial charge is 0.225 e. The number of anilines is 3. The van der Waals surface area contributed by atoms with Crippen molar-refractivity contribution in [3.63, 3.8) is 0 Å². The normalized spacial score (nSPS) is 10.2. The Bertz CT molecular complexity index is 537. The number of rotatable bonds is 2. The summed E-state index contributed by atoms with van der Waals surface area (Å²) < 4.78 is 0.865. The molecule has 0 spiro atoms. The van der Waals surface area contributed by atoms with Crippen LogP contribution in [0.5, 0.6) is 0 Å². The molecule has 1 heterocycles. The van der Waals surface area contributed by atoms with Crippen molar-refractivity contribution in [1.29, 1.82) is 0 Å². The second-order valence-electron chi connectivity index (χ2n) is 3.21. The number of halogens is 1. The molecule has 7 nitrogen and oxygen atoms in total. The van der Waals surface area contributed by atoms with Crippen LogP contribution < -0.4 is 22.7 Å². The van der Waals surface area contributed by atoms with E-state index in [1.54, 1.807) is 6.07 Å². The Morgan fingerprint density at radius 3 is 2.29 bits per heavy atom. The Balaban J connectivity index is 2.62. The van der Waals surface area contributed by atoms with Gasteiger partial charge in [0.25, 0.3) is 0 Å². The molecule has 0 atom stereocenters. The van der Waals surface area contributed by atoms with E-state index in [1.165, 1.54) is 0 Å². The first-order valence-electron chi connectivity index (χ1n) is 4.63. The van der Waals surface area contributed by atoms with Gasteiger partial charge in [-0.2, -0.15) is 15.0 Å². The van der Waals surface area contributed by atoms with Gasteiger partial charge in [-0.15, -0.1) is 0 Å². The van der Waals surface area contributed by atoms with E-state index >= 15 is 0 Å². The molecule has 1 aromatic heterocycles. The number of hydrogen-bond donors (Lipinski definition) is 4. The van der Waals surface area contributed by atoms with E-state index in [0.717, 1.165) is 4.47 Å². The zero-order valence-electron chi connectivity index (χ0n) is 8.68. The highest BCUT2D eigenvalue weighted by molar-refractivity contribution is 9.10. The Morgan fingerprint density at radius 1 is 1.06 bits per heavy atom. The Labute approximate surface area is 106 Å². The van der Waals surface area contributed by atoms with Crippen LogP contribution >= 0.6 is 15.9 Å². The van der Waals surface area contributed by atoms with E-state index in [1.807, 2.05) is 12.1 Å². The van der Waals surface area contributed by atoms with Crippen molar-refractivity contribution in [1.82, 2.24) is 15.0 Å². The van der Waals surface area contributed by atoms with Gasteiger partial charge in [0, 0.05) is 10.0 Å². The number of hydrazine groups is 1. The molecule has 0 bridgehead atoms. The summed E-state index contributed by atoms with van der Waals surface area (Å²) in [5.74, 6) is 5.91. The van der Waals surface area contributed by atoms with E-state index in [9.17, 15) is 0 Å². The van der Waals surface area contributed by atoms with Gasteiger partial charge in [0.05, 0.1) is 5.69 Å². The van der Waals surface area contributed by atoms with E-state index < -0.39 is 0 Å². The van der Waals surface area contributed by atoms with Gasteiger partial charge in [0.2, 0.25) is 11.9 Å². The van der Waals surface area contributed by atoms with Crippen LogP contribution in [-0.2, 0) is 0 Å². The third-order valence-corrected chi connectivity index (χ3v) is 2.54. The first-order valence-corrected chi connectivity index (χ1v) is 5.43. The first-order chi connectivity index (χ1) is 8.10. The number of nitrogens with two attached hydrogens (primary N) is 3. The minimum atomic E-state index is 0.0652. The number of benzene rings is 1. The minimum absolute atomic E-state index is 0.0652. The third-order valence-electron chi connectivity index (χ3n) is 2.05. The molecule has 0 aliphatic heterocycles. The molecule has 0 aliphatic carbocycles. The van der Waals surface area contributed by atoms with Crippen molar-refractivity contribution in [2.24, 2.45) is 5.84 Å². The van der Waals surface area contributed by atoms with Crippen LogP contribution in [0.3, 0.4) is 0 Å². The zero-order chi connectivity index (χ0) is 12.4. The second-order valence-corrected chi connectivity index (χ2v) is 4.13. The highest BCUT2D eigenvalue weighted by atomic mass is 79.9. The van der Waals surface area contributed by atoms with Crippen LogP contribution in [0.1, 0.15) is 0 Å². The summed E-state index contributed by atoms with van der Waals surface area (Å²) in [4.78, 5) is 11.7. The maximum absolute atomic E-state index is 5.52. The zero-order valence-corrected chi connectivity index (χ0v) is 10.3. The average Bonchev–Trinajstić information content (AvgIpc) is 2.27. The summed E-state index contributed by atoms with van der Waals surface area (Å²) in [5, 5.41) is 0.